The summed E-state index contributed by atoms with van der Waals surface area (Å²) < 4.78 is 5.79. The molecule has 0 spiro atoms. The van der Waals surface area contributed by atoms with Crippen molar-refractivity contribution in [3.05, 3.63) is 66.2 Å². The highest BCUT2D eigenvalue weighted by atomic mass is 16.5. The summed E-state index contributed by atoms with van der Waals surface area (Å²) >= 11 is 0. The van der Waals surface area contributed by atoms with Gasteiger partial charge in [-0.3, -0.25) is 4.79 Å². The maximum atomic E-state index is 12.1. The van der Waals surface area contributed by atoms with E-state index >= 15 is 0 Å². The normalized spacial score (nSPS) is 13.2. The Hall–Kier alpha value is -2.33. The van der Waals surface area contributed by atoms with Gasteiger partial charge in [0.1, 0.15) is 12.4 Å². The molecule has 0 aliphatic heterocycles. The van der Waals surface area contributed by atoms with Crippen LogP contribution in [0.3, 0.4) is 0 Å². The molecule has 4 heteroatoms. The molecule has 2 rings (SSSR count). The Morgan fingerprint density at radius 1 is 1.09 bits per heavy atom. The third-order valence-electron chi connectivity index (χ3n) is 3.48. The molecular formula is C18H22N2O2. The summed E-state index contributed by atoms with van der Waals surface area (Å²) in [6, 6.07) is 19.2. The van der Waals surface area contributed by atoms with Gasteiger partial charge in [0, 0.05) is 12.5 Å². The highest BCUT2D eigenvalue weighted by molar-refractivity contribution is 5.79. The number of carbonyl (C=O) groups is 1. The lowest BCUT2D eigenvalue weighted by Crippen LogP contribution is -2.38. The second-order valence-electron chi connectivity index (χ2n) is 5.23. The first-order valence-electron chi connectivity index (χ1n) is 7.44. The molecule has 3 N–H and O–H groups in total. The molecule has 0 heterocycles. The first-order chi connectivity index (χ1) is 10.7. The first-order valence-corrected chi connectivity index (χ1v) is 7.44. The molecule has 2 aromatic carbocycles. The average Bonchev–Trinajstić information content (AvgIpc) is 2.59. The molecule has 0 bridgehead atoms. The third-order valence-corrected chi connectivity index (χ3v) is 3.48. The van der Waals surface area contributed by atoms with Crippen LogP contribution in [0.25, 0.3) is 0 Å². The van der Waals surface area contributed by atoms with Crippen molar-refractivity contribution in [1.82, 2.24) is 5.32 Å². The van der Waals surface area contributed by atoms with E-state index in [9.17, 15) is 4.79 Å². The van der Waals surface area contributed by atoms with E-state index in [1.165, 1.54) is 0 Å². The van der Waals surface area contributed by atoms with Crippen LogP contribution in [0, 0.1) is 5.92 Å². The van der Waals surface area contributed by atoms with Crippen molar-refractivity contribution in [2.24, 2.45) is 11.7 Å². The Morgan fingerprint density at radius 3 is 2.27 bits per heavy atom. The van der Waals surface area contributed by atoms with Crippen LogP contribution in [0.2, 0.25) is 0 Å². The predicted octanol–water partition coefficient (Wildman–Crippen LogP) is 2.52. The molecule has 0 aliphatic rings. The van der Waals surface area contributed by atoms with Crippen LogP contribution in [0.4, 0.5) is 0 Å². The van der Waals surface area contributed by atoms with E-state index in [1.807, 2.05) is 67.6 Å². The fourth-order valence-corrected chi connectivity index (χ4v) is 2.02. The van der Waals surface area contributed by atoms with Gasteiger partial charge in [0.15, 0.2) is 0 Å². The summed E-state index contributed by atoms with van der Waals surface area (Å²) in [5.41, 5.74) is 6.57. The van der Waals surface area contributed by atoms with Gasteiger partial charge < -0.3 is 15.8 Å². The van der Waals surface area contributed by atoms with Crippen LogP contribution in [0.1, 0.15) is 18.5 Å². The zero-order valence-electron chi connectivity index (χ0n) is 12.7. The lowest BCUT2D eigenvalue weighted by molar-refractivity contribution is -0.125. The Bertz CT molecular complexity index is 572. The summed E-state index contributed by atoms with van der Waals surface area (Å²) in [5, 5.41) is 3.01. The van der Waals surface area contributed by atoms with E-state index in [-0.39, 0.29) is 17.9 Å². The molecule has 2 aromatic rings. The van der Waals surface area contributed by atoms with Crippen LogP contribution in [0.15, 0.2) is 60.7 Å². The van der Waals surface area contributed by atoms with Crippen LogP contribution in [0.5, 0.6) is 5.75 Å². The number of hydrogen-bond donors (Lipinski definition) is 2. The molecule has 0 radical (unpaired) electrons. The molecule has 0 fully saturated rings. The Morgan fingerprint density at radius 2 is 1.68 bits per heavy atom. The predicted molar refractivity (Wildman–Crippen MR) is 87.5 cm³/mol. The lowest BCUT2D eigenvalue weighted by atomic mass is 10.1. The maximum Gasteiger partial charge on any atom is 0.224 e. The summed E-state index contributed by atoms with van der Waals surface area (Å²) in [4.78, 5) is 12.1. The second kappa shape index (κ2) is 8.20. The zero-order valence-corrected chi connectivity index (χ0v) is 12.7. The summed E-state index contributed by atoms with van der Waals surface area (Å²) in [6.45, 7) is 2.51. The van der Waals surface area contributed by atoms with Gasteiger partial charge in [-0.25, -0.2) is 0 Å². The quantitative estimate of drug-likeness (QED) is 0.825. The minimum absolute atomic E-state index is 0.0620. The lowest BCUT2D eigenvalue weighted by Gasteiger charge is -2.21. The second-order valence-corrected chi connectivity index (χ2v) is 5.23. The van der Waals surface area contributed by atoms with Crippen molar-refractivity contribution in [2.75, 3.05) is 13.2 Å². The van der Waals surface area contributed by atoms with Crippen molar-refractivity contribution in [1.29, 1.82) is 0 Å². The Balaban J connectivity index is 2.06. The molecule has 4 nitrogen and oxygen atoms in total. The number of nitrogens with two attached hydrogens (primary N) is 1. The zero-order chi connectivity index (χ0) is 15.8. The standard InChI is InChI=1S/C18H22N2O2/c1-14(12-19)18(21)20-17(15-8-4-2-5-9-15)13-22-16-10-6-3-7-11-16/h2-11,14,17H,12-13,19H2,1H3,(H,20,21). The third kappa shape index (κ3) is 4.60. The maximum absolute atomic E-state index is 12.1. The number of para-hydroxylation sites is 1. The molecule has 0 aromatic heterocycles. The topological polar surface area (TPSA) is 64.4 Å². The van der Waals surface area contributed by atoms with Gasteiger partial charge in [0.2, 0.25) is 5.91 Å². The van der Waals surface area contributed by atoms with Gasteiger partial charge in [-0.15, -0.1) is 0 Å². The minimum Gasteiger partial charge on any atom is -0.491 e. The van der Waals surface area contributed by atoms with Crippen molar-refractivity contribution in [3.63, 3.8) is 0 Å². The molecule has 1 amide bonds. The SMILES string of the molecule is CC(CN)C(=O)NC(COc1ccccc1)c1ccccc1. The highest BCUT2D eigenvalue weighted by Crippen LogP contribution is 2.16. The van der Waals surface area contributed by atoms with Gasteiger partial charge >= 0.3 is 0 Å². The van der Waals surface area contributed by atoms with Gasteiger partial charge in [0.05, 0.1) is 6.04 Å². The Kier molecular flexibility index (Phi) is 5.98. The van der Waals surface area contributed by atoms with Crippen molar-refractivity contribution >= 4 is 5.91 Å². The highest BCUT2D eigenvalue weighted by Gasteiger charge is 2.18. The molecule has 0 aliphatic carbocycles. The summed E-state index contributed by atoms with van der Waals surface area (Å²) in [7, 11) is 0. The molecule has 0 saturated heterocycles. The molecule has 2 unspecified atom stereocenters. The van der Waals surface area contributed by atoms with Gasteiger partial charge in [-0.2, -0.15) is 0 Å². The van der Waals surface area contributed by atoms with Gasteiger partial charge in [-0.1, -0.05) is 55.5 Å². The fraction of sp³-hybridized carbons (Fsp3) is 0.278. The molecule has 116 valence electrons. The van der Waals surface area contributed by atoms with Crippen LogP contribution < -0.4 is 15.8 Å². The van der Waals surface area contributed by atoms with Gasteiger partial charge in [0.25, 0.3) is 0 Å². The first kappa shape index (κ1) is 16.0. The average molecular weight is 298 g/mol. The molecule has 0 saturated carbocycles. The number of nitrogens with one attached hydrogen (secondary N) is 1. The molecule has 22 heavy (non-hydrogen) atoms. The van der Waals surface area contributed by atoms with Crippen molar-refractivity contribution in [3.8, 4) is 5.75 Å². The van der Waals surface area contributed by atoms with E-state index in [4.69, 9.17) is 10.5 Å². The smallest absolute Gasteiger partial charge is 0.224 e. The number of carbonyl (C=O) groups excluding carboxylic acids is 1. The van der Waals surface area contributed by atoms with E-state index in [2.05, 4.69) is 5.32 Å². The number of hydrogen-bond acceptors (Lipinski definition) is 3. The Labute approximate surface area is 131 Å². The number of rotatable bonds is 7. The van der Waals surface area contributed by atoms with Crippen LogP contribution in [-0.4, -0.2) is 19.1 Å². The van der Waals surface area contributed by atoms with Crippen LogP contribution >= 0.6 is 0 Å². The number of ether oxygens (including phenoxy) is 1. The fourth-order valence-electron chi connectivity index (χ4n) is 2.02. The minimum atomic E-state index is -0.220. The van der Waals surface area contributed by atoms with E-state index in [0.717, 1.165) is 11.3 Å². The van der Waals surface area contributed by atoms with E-state index in [0.29, 0.717) is 13.2 Å². The van der Waals surface area contributed by atoms with Crippen molar-refractivity contribution < 1.29 is 9.53 Å². The largest absolute Gasteiger partial charge is 0.491 e. The van der Waals surface area contributed by atoms with E-state index in [1.54, 1.807) is 0 Å². The monoisotopic (exact) mass is 298 g/mol. The number of benzene rings is 2. The van der Waals surface area contributed by atoms with E-state index < -0.39 is 0 Å². The van der Waals surface area contributed by atoms with Gasteiger partial charge in [-0.05, 0) is 17.7 Å². The summed E-state index contributed by atoms with van der Waals surface area (Å²) in [6.07, 6.45) is 0. The molecular weight excluding hydrogens is 276 g/mol. The van der Waals surface area contributed by atoms with Crippen LogP contribution in [-0.2, 0) is 4.79 Å². The molecule has 2 atom stereocenters. The van der Waals surface area contributed by atoms with Crippen molar-refractivity contribution in [2.45, 2.75) is 13.0 Å². The number of amides is 1. The summed E-state index contributed by atoms with van der Waals surface area (Å²) in [5.74, 6) is 0.500.